The lowest BCUT2D eigenvalue weighted by atomic mass is 10.0. The lowest BCUT2D eigenvalue weighted by molar-refractivity contribution is 0.0332. The summed E-state index contributed by atoms with van der Waals surface area (Å²) in [5.74, 6) is 0.364. The minimum Gasteiger partial charge on any atom is -0.379 e. The van der Waals surface area contributed by atoms with Gasteiger partial charge in [-0.1, -0.05) is 29.8 Å². The van der Waals surface area contributed by atoms with Crippen LogP contribution in [-0.4, -0.2) is 51.9 Å². The van der Waals surface area contributed by atoms with Gasteiger partial charge < -0.3 is 10.1 Å². The maximum absolute atomic E-state index is 12.6. The van der Waals surface area contributed by atoms with E-state index in [4.69, 9.17) is 4.74 Å². The number of hydrogen-bond donors (Lipinski definition) is 1. The number of fused-ring (bicyclic) bond motifs is 1. The van der Waals surface area contributed by atoms with Gasteiger partial charge >= 0.3 is 0 Å². The Morgan fingerprint density at radius 1 is 1.03 bits per heavy atom. The number of carbonyl (C=O) groups excluding carboxylic acids is 1. The molecular weight excluding hydrogens is 414 g/mol. The molecule has 1 aliphatic heterocycles. The first-order chi connectivity index (χ1) is 16.1. The number of anilines is 1. The largest absolute Gasteiger partial charge is 0.379 e. The van der Waals surface area contributed by atoms with Crippen molar-refractivity contribution >= 4 is 22.5 Å². The molecule has 0 spiro atoms. The van der Waals surface area contributed by atoms with E-state index in [9.17, 15) is 4.79 Å². The first kappa shape index (κ1) is 21.3. The second-order valence-electron chi connectivity index (χ2n) is 8.47. The standard InChI is InChI=1S/C26H27N5O2/c1-18-3-5-19(6-4-18)26(32)29-25-14-22-13-20(7-8-21(22)15-27-25)23-16-28-30(2)24(23)17-31-9-11-33-12-10-31/h3-8,13-16H,9-12,17H2,1-2H3,(H,27,29,32). The fraction of sp³-hybridized carbons (Fsp3) is 0.269. The van der Waals surface area contributed by atoms with Crippen LogP contribution in [0, 0.1) is 6.92 Å². The highest BCUT2D eigenvalue weighted by Crippen LogP contribution is 2.29. The highest BCUT2D eigenvalue weighted by molar-refractivity contribution is 6.04. The lowest BCUT2D eigenvalue weighted by Crippen LogP contribution is -2.36. The Morgan fingerprint density at radius 2 is 1.82 bits per heavy atom. The zero-order valence-corrected chi connectivity index (χ0v) is 18.9. The summed E-state index contributed by atoms with van der Waals surface area (Å²) in [7, 11) is 1.99. The van der Waals surface area contributed by atoms with E-state index in [2.05, 4.69) is 38.5 Å². The Labute approximate surface area is 193 Å². The average molecular weight is 442 g/mol. The molecule has 0 bridgehead atoms. The van der Waals surface area contributed by atoms with Crippen molar-refractivity contribution < 1.29 is 9.53 Å². The van der Waals surface area contributed by atoms with Crippen LogP contribution in [0.4, 0.5) is 5.82 Å². The van der Waals surface area contributed by atoms with Crippen LogP contribution in [0.25, 0.3) is 21.9 Å². The lowest BCUT2D eigenvalue weighted by Gasteiger charge is -2.27. The fourth-order valence-corrected chi connectivity index (χ4v) is 4.13. The van der Waals surface area contributed by atoms with Gasteiger partial charge in [0.15, 0.2) is 0 Å². The number of ether oxygens (including phenoxy) is 1. The highest BCUT2D eigenvalue weighted by Gasteiger charge is 2.17. The van der Waals surface area contributed by atoms with Crippen LogP contribution >= 0.6 is 0 Å². The Balaban J connectivity index is 1.41. The van der Waals surface area contributed by atoms with E-state index in [0.29, 0.717) is 11.4 Å². The number of aromatic nitrogens is 3. The molecule has 168 valence electrons. The van der Waals surface area contributed by atoms with Crippen LogP contribution in [0.5, 0.6) is 0 Å². The van der Waals surface area contributed by atoms with Crippen LogP contribution in [0.3, 0.4) is 0 Å². The minimum absolute atomic E-state index is 0.168. The molecule has 1 saturated heterocycles. The molecule has 7 nitrogen and oxygen atoms in total. The van der Waals surface area contributed by atoms with E-state index in [1.807, 2.05) is 55.2 Å². The monoisotopic (exact) mass is 441 g/mol. The van der Waals surface area contributed by atoms with Gasteiger partial charge in [0, 0.05) is 49.4 Å². The number of nitrogens with one attached hydrogen (secondary N) is 1. The minimum atomic E-state index is -0.168. The number of aryl methyl sites for hydroxylation is 2. The number of hydrogen-bond acceptors (Lipinski definition) is 5. The van der Waals surface area contributed by atoms with Crippen molar-refractivity contribution in [3.05, 3.63) is 77.7 Å². The number of amides is 1. The topological polar surface area (TPSA) is 72.3 Å². The number of nitrogens with zero attached hydrogens (tertiary/aromatic N) is 4. The first-order valence-electron chi connectivity index (χ1n) is 11.2. The van der Waals surface area contributed by atoms with Gasteiger partial charge in [0.05, 0.1) is 25.1 Å². The summed E-state index contributed by atoms with van der Waals surface area (Å²) in [5.41, 5.74) is 5.12. The highest BCUT2D eigenvalue weighted by atomic mass is 16.5. The van der Waals surface area contributed by atoms with Crippen molar-refractivity contribution in [2.24, 2.45) is 7.05 Å². The molecule has 4 aromatic rings. The molecule has 0 unspecified atom stereocenters. The van der Waals surface area contributed by atoms with Crippen molar-refractivity contribution in [2.75, 3.05) is 31.6 Å². The third kappa shape index (κ3) is 4.65. The number of rotatable bonds is 5. The van der Waals surface area contributed by atoms with Crippen molar-refractivity contribution in [3.63, 3.8) is 0 Å². The number of pyridine rings is 1. The van der Waals surface area contributed by atoms with Crippen LogP contribution in [-0.2, 0) is 18.3 Å². The maximum atomic E-state index is 12.6. The van der Waals surface area contributed by atoms with Crippen molar-refractivity contribution in [3.8, 4) is 11.1 Å². The third-order valence-electron chi connectivity index (χ3n) is 6.13. The summed E-state index contributed by atoms with van der Waals surface area (Å²) in [6.07, 6.45) is 3.72. The van der Waals surface area contributed by atoms with Crippen molar-refractivity contribution in [1.29, 1.82) is 0 Å². The molecular formula is C26H27N5O2. The Bertz CT molecular complexity index is 1290. The first-order valence-corrected chi connectivity index (χ1v) is 11.2. The van der Waals surface area contributed by atoms with E-state index >= 15 is 0 Å². The summed E-state index contributed by atoms with van der Waals surface area (Å²) < 4.78 is 7.44. The van der Waals surface area contributed by atoms with Gasteiger partial charge in [0.1, 0.15) is 5.82 Å². The maximum Gasteiger partial charge on any atom is 0.256 e. The summed E-state index contributed by atoms with van der Waals surface area (Å²) in [5, 5.41) is 9.47. The molecule has 1 fully saturated rings. The molecule has 1 amide bonds. The molecule has 0 saturated carbocycles. The fourth-order valence-electron chi connectivity index (χ4n) is 4.13. The molecule has 7 heteroatoms. The van der Waals surface area contributed by atoms with Gasteiger partial charge in [-0.15, -0.1) is 0 Å². The third-order valence-corrected chi connectivity index (χ3v) is 6.13. The predicted octanol–water partition coefficient (Wildman–Crippen LogP) is 4.03. The average Bonchev–Trinajstić information content (AvgIpc) is 3.19. The Kier molecular flexibility index (Phi) is 5.90. The second-order valence-corrected chi connectivity index (χ2v) is 8.47. The number of morpholine rings is 1. The van der Waals surface area contributed by atoms with Crippen LogP contribution in [0.15, 0.2) is 60.9 Å². The zero-order chi connectivity index (χ0) is 22.8. The summed E-state index contributed by atoms with van der Waals surface area (Å²) in [4.78, 5) is 19.4. The normalized spacial score (nSPS) is 14.5. The molecule has 0 aliphatic carbocycles. The molecule has 0 radical (unpaired) electrons. The van der Waals surface area contributed by atoms with Gasteiger partial charge in [-0.3, -0.25) is 14.4 Å². The van der Waals surface area contributed by atoms with Gasteiger partial charge in [-0.25, -0.2) is 4.98 Å². The second kappa shape index (κ2) is 9.13. The molecule has 5 rings (SSSR count). The molecule has 1 aliphatic rings. The smallest absolute Gasteiger partial charge is 0.256 e. The van der Waals surface area contributed by atoms with E-state index in [1.54, 1.807) is 6.20 Å². The molecule has 0 atom stereocenters. The van der Waals surface area contributed by atoms with E-state index in [1.165, 1.54) is 5.69 Å². The number of benzene rings is 2. The summed E-state index contributed by atoms with van der Waals surface area (Å²) >= 11 is 0. The molecule has 2 aromatic carbocycles. The van der Waals surface area contributed by atoms with Gasteiger partial charge in [0.25, 0.3) is 5.91 Å². The summed E-state index contributed by atoms with van der Waals surface area (Å²) in [6, 6.07) is 15.7. The van der Waals surface area contributed by atoms with Gasteiger partial charge in [-0.2, -0.15) is 5.10 Å². The van der Waals surface area contributed by atoms with E-state index < -0.39 is 0 Å². The molecule has 3 heterocycles. The van der Waals surface area contributed by atoms with Crippen molar-refractivity contribution in [1.82, 2.24) is 19.7 Å². The summed E-state index contributed by atoms with van der Waals surface area (Å²) in [6.45, 7) is 6.23. The quantitative estimate of drug-likeness (QED) is 0.506. The molecule has 2 aromatic heterocycles. The number of carbonyl (C=O) groups is 1. The Hall–Kier alpha value is -3.55. The van der Waals surface area contributed by atoms with E-state index in [-0.39, 0.29) is 5.91 Å². The van der Waals surface area contributed by atoms with Crippen LogP contribution in [0.1, 0.15) is 21.6 Å². The van der Waals surface area contributed by atoms with Crippen molar-refractivity contribution in [2.45, 2.75) is 13.5 Å². The molecule has 33 heavy (non-hydrogen) atoms. The molecule has 1 N–H and O–H groups in total. The van der Waals surface area contributed by atoms with Gasteiger partial charge in [0.2, 0.25) is 0 Å². The Morgan fingerprint density at radius 3 is 2.61 bits per heavy atom. The van der Waals surface area contributed by atoms with E-state index in [0.717, 1.165) is 60.3 Å². The predicted molar refractivity (Wildman–Crippen MR) is 129 cm³/mol. The SMILES string of the molecule is Cc1ccc(C(=O)Nc2cc3cc(-c4cnn(C)c4CN4CCOCC4)ccc3cn2)cc1. The zero-order valence-electron chi connectivity index (χ0n) is 18.9. The van der Waals surface area contributed by atoms with Crippen LogP contribution in [0.2, 0.25) is 0 Å². The van der Waals surface area contributed by atoms with Crippen LogP contribution < -0.4 is 5.32 Å². The van der Waals surface area contributed by atoms with Gasteiger partial charge in [-0.05, 0) is 42.1 Å².